The van der Waals surface area contributed by atoms with E-state index in [1.807, 2.05) is 19.1 Å². The van der Waals surface area contributed by atoms with Gasteiger partial charge < -0.3 is 10.1 Å². The second kappa shape index (κ2) is 6.13. The lowest BCUT2D eigenvalue weighted by atomic mass is 10.1. The molecule has 0 aliphatic heterocycles. The fraction of sp³-hybridized carbons (Fsp3) is 0.500. The molecular weight excluding hydrogens is 254 g/mol. The zero-order chi connectivity index (χ0) is 11.3. The van der Waals surface area contributed by atoms with E-state index in [1.165, 1.54) is 5.56 Å². The van der Waals surface area contributed by atoms with Crippen LogP contribution in [0.25, 0.3) is 0 Å². The molecule has 0 bridgehead atoms. The molecule has 0 spiro atoms. The molecule has 0 saturated heterocycles. The molecule has 1 unspecified atom stereocenters. The van der Waals surface area contributed by atoms with Crippen molar-refractivity contribution in [2.75, 3.05) is 13.2 Å². The van der Waals surface area contributed by atoms with Crippen LogP contribution in [0.15, 0.2) is 22.7 Å². The first-order valence-corrected chi connectivity index (χ1v) is 6.14. The van der Waals surface area contributed by atoms with Crippen LogP contribution in [0.3, 0.4) is 0 Å². The van der Waals surface area contributed by atoms with Gasteiger partial charge in [-0.05, 0) is 38.1 Å². The van der Waals surface area contributed by atoms with Crippen molar-refractivity contribution in [3.05, 3.63) is 28.2 Å². The molecule has 1 atom stereocenters. The molecule has 0 aliphatic carbocycles. The van der Waals surface area contributed by atoms with Crippen LogP contribution in [0, 0.1) is 0 Å². The number of nitrogens with one attached hydrogen (secondary N) is 1. The summed E-state index contributed by atoms with van der Waals surface area (Å²) in [5, 5.41) is 3.38. The number of hydrogen-bond acceptors (Lipinski definition) is 2. The van der Waals surface area contributed by atoms with Gasteiger partial charge in [0.15, 0.2) is 0 Å². The van der Waals surface area contributed by atoms with Crippen molar-refractivity contribution in [1.29, 1.82) is 0 Å². The number of ether oxygens (including phenoxy) is 1. The molecule has 0 fully saturated rings. The Labute approximate surface area is 100 Å². The molecule has 2 nitrogen and oxygen atoms in total. The first-order chi connectivity index (χ1) is 7.19. The third-order valence-corrected chi connectivity index (χ3v) is 2.95. The minimum absolute atomic E-state index is 0.361. The van der Waals surface area contributed by atoms with E-state index in [4.69, 9.17) is 4.74 Å². The van der Waals surface area contributed by atoms with E-state index in [1.54, 1.807) is 0 Å². The second-order valence-corrected chi connectivity index (χ2v) is 4.25. The van der Waals surface area contributed by atoms with Gasteiger partial charge in [0.25, 0.3) is 0 Å². The smallest absolute Gasteiger partial charge is 0.120 e. The van der Waals surface area contributed by atoms with Crippen LogP contribution in [-0.4, -0.2) is 13.2 Å². The standard InChI is InChI=1S/C12H18BrNO/c1-4-14-9(3)11-7-6-10(15-5-2)8-12(11)13/h6-9,14H,4-5H2,1-3H3. The molecule has 0 heterocycles. The second-order valence-electron chi connectivity index (χ2n) is 3.40. The molecule has 1 aromatic carbocycles. The minimum Gasteiger partial charge on any atom is -0.494 e. The Bertz CT molecular complexity index is 314. The predicted molar refractivity (Wildman–Crippen MR) is 67.4 cm³/mol. The summed E-state index contributed by atoms with van der Waals surface area (Å²) in [5.74, 6) is 0.914. The summed E-state index contributed by atoms with van der Waals surface area (Å²) < 4.78 is 6.53. The summed E-state index contributed by atoms with van der Waals surface area (Å²) in [6.45, 7) is 7.93. The Morgan fingerprint density at radius 3 is 2.67 bits per heavy atom. The first-order valence-electron chi connectivity index (χ1n) is 5.34. The first kappa shape index (κ1) is 12.5. The third kappa shape index (κ3) is 3.50. The lowest BCUT2D eigenvalue weighted by molar-refractivity contribution is 0.340. The molecule has 0 radical (unpaired) electrons. The maximum Gasteiger partial charge on any atom is 0.120 e. The van der Waals surface area contributed by atoms with Crippen molar-refractivity contribution in [1.82, 2.24) is 5.32 Å². The molecule has 1 rings (SSSR count). The number of halogens is 1. The molecule has 0 aliphatic rings. The van der Waals surface area contributed by atoms with E-state index in [2.05, 4.69) is 41.2 Å². The Hall–Kier alpha value is -0.540. The van der Waals surface area contributed by atoms with Gasteiger partial charge in [-0.1, -0.05) is 28.9 Å². The van der Waals surface area contributed by atoms with Gasteiger partial charge in [0.05, 0.1) is 6.61 Å². The topological polar surface area (TPSA) is 21.3 Å². The van der Waals surface area contributed by atoms with Crippen LogP contribution in [-0.2, 0) is 0 Å². The van der Waals surface area contributed by atoms with Gasteiger partial charge in [-0.3, -0.25) is 0 Å². The lowest BCUT2D eigenvalue weighted by Crippen LogP contribution is -2.18. The fourth-order valence-electron chi connectivity index (χ4n) is 1.53. The van der Waals surface area contributed by atoms with Crippen molar-refractivity contribution in [2.45, 2.75) is 26.8 Å². The largest absolute Gasteiger partial charge is 0.494 e. The fourth-order valence-corrected chi connectivity index (χ4v) is 2.23. The summed E-state index contributed by atoms with van der Waals surface area (Å²) in [6.07, 6.45) is 0. The van der Waals surface area contributed by atoms with Gasteiger partial charge in [0.1, 0.15) is 5.75 Å². The summed E-state index contributed by atoms with van der Waals surface area (Å²) >= 11 is 3.57. The zero-order valence-corrected chi connectivity index (χ0v) is 11.1. The third-order valence-electron chi connectivity index (χ3n) is 2.26. The van der Waals surface area contributed by atoms with Gasteiger partial charge in [-0.2, -0.15) is 0 Å². The molecular formula is C12H18BrNO. The average Bonchev–Trinajstić information content (AvgIpc) is 2.18. The number of benzene rings is 1. The van der Waals surface area contributed by atoms with E-state index < -0.39 is 0 Å². The Balaban J connectivity index is 2.82. The average molecular weight is 272 g/mol. The predicted octanol–water partition coefficient (Wildman–Crippen LogP) is 3.52. The molecule has 15 heavy (non-hydrogen) atoms. The van der Waals surface area contributed by atoms with Crippen LogP contribution in [0.5, 0.6) is 5.75 Å². The normalized spacial score (nSPS) is 12.5. The Morgan fingerprint density at radius 2 is 2.13 bits per heavy atom. The summed E-state index contributed by atoms with van der Waals surface area (Å²) in [5.41, 5.74) is 1.26. The van der Waals surface area contributed by atoms with Crippen LogP contribution in [0.4, 0.5) is 0 Å². The quantitative estimate of drug-likeness (QED) is 0.885. The van der Waals surface area contributed by atoms with Gasteiger partial charge in [-0.15, -0.1) is 0 Å². The number of hydrogen-bond donors (Lipinski definition) is 1. The molecule has 84 valence electrons. The van der Waals surface area contributed by atoms with Crippen molar-refractivity contribution < 1.29 is 4.74 Å². The summed E-state index contributed by atoms with van der Waals surface area (Å²) in [4.78, 5) is 0. The van der Waals surface area contributed by atoms with Gasteiger partial charge >= 0.3 is 0 Å². The van der Waals surface area contributed by atoms with Gasteiger partial charge in [-0.25, -0.2) is 0 Å². The summed E-state index contributed by atoms with van der Waals surface area (Å²) in [6, 6.07) is 6.49. The molecule has 0 amide bonds. The Morgan fingerprint density at radius 1 is 1.40 bits per heavy atom. The van der Waals surface area contributed by atoms with Crippen molar-refractivity contribution >= 4 is 15.9 Å². The van der Waals surface area contributed by atoms with Gasteiger partial charge in [0, 0.05) is 10.5 Å². The minimum atomic E-state index is 0.361. The van der Waals surface area contributed by atoms with Crippen LogP contribution < -0.4 is 10.1 Å². The van der Waals surface area contributed by atoms with Gasteiger partial charge in [0.2, 0.25) is 0 Å². The maximum absolute atomic E-state index is 5.43. The van der Waals surface area contributed by atoms with Crippen LogP contribution >= 0.6 is 15.9 Å². The Kier molecular flexibility index (Phi) is 5.12. The summed E-state index contributed by atoms with van der Waals surface area (Å²) in [7, 11) is 0. The van der Waals surface area contributed by atoms with E-state index in [0.29, 0.717) is 12.6 Å². The maximum atomic E-state index is 5.43. The lowest BCUT2D eigenvalue weighted by Gasteiger charge is -2.15. The highest BCUT2D eigenvalue weighted by Gasteiger charge is 2.08. The number of rotatable bonds is 5. The molecule has 1 aromatic rings. The molecule has 0 saturated carbocycles. The van der Waals surface area contributed by atoms with Crippen LogP contribution in [0.2, 0.25) is 0 Å². The monoisotopic (exact) mass is 271 g/mol. The zero-order valence-electron chi connectivity index (χ0n) is 9.51. The molecule has 3 heteroatoms. The van der Waals surface area contributed by atoms with Crippen LogP contribution in [0.1, 0.15) is 32.4 Å². The van der Waals surface area contributed by atoms with Crippen molar-refractivity contribution in [3.63, 3.8) is 0 Å². The highest BCUT2D eigenvalue weighted by Crippen LogP contribution is 2.27. The van der Waals surface area contributed by atoms with E-state index in [0.717, 1.165) is 16.8 Å². The van der Waals surface area contributed by atoms with E-state index >= 15 is 0 Å². The van der Waals surface area contributed by atoms with E-state index in [-0.39, 0.29) is 0 Å². The van der Waals surface area contributed by atoms with Crippen molar-refractivity contribution in [2.24, 2.45) is 0 Å². The highest BCUT2D eigenvalue weighted by molar-refractivity contribution is 9.10. The highest BCUT2D eigenvalue weighted by atomic mass is 79.9. The van der Waals surface area contributed by atoms with Crippen molar-refractivity contribution in [3.8, 4) is 5.75 Å². The SMILES string of the molecule is CCNC(C)c1ccc(OCC)cc1Br. The van der Waals surface area contributed by atoms with E-state index in [9.17, 15) is 0 Å². The molecule has 0 aromatic heterocycles. The molecule has 1 N–H and O–H groups in total.